The number of aliphatic imine (C=N–C) groups is 1. The summed E-state index contributed by atoms with van der Waals surface area (Å²) in [5.74, 6) is 2.12. The average molecular weight is 489 g/mol. The molecule has 0 bridgehead atoms. The number of imidazole rings is 1. The predicted molar refractivity (Wildman–Crippen MR) is 118 cm³/mol. The van der Waals surface area contributed by atoms with Crippen molar-refractivity contribution in [2.24, 2.45) is 18.0 Å². The second-order valence-electron chi connectivity index (χ2n) is 7.11. The van der Waals surface area contributed by atoms with Gasteiger partial charge in [0.25, 0.3) is 0 Å². The monoisotopic (exact) mass is 489 g/mol. The maximum atomic E-state index is 10.7. The van der Waals surface area contributed by atoms with E-state index in [0.29, 0.717) is 25.0 Å². The molecule has 2 heterocycles. The highest BCUT2D eigenvalue weighted by Gasteiger charge is 2.25. The molecular weight excluding hydrogens is 457 g/mol. The van der Waals surface area contributed by atoms with E-state index in [1.165, 1.54) is 0 Å². The van der Waals surface area contributed by atoms with Gasteiger partial charge in [-0.25, -0.2) is 9.98 Å². The maximum Gasteiger partial charge on any atom is 0.191 e. The highest BCUT2D eigenvalue weighted by Crippen LogP contribution is 2.18. The lowest BCUT2D eigenvalue weighted by Crippen LogP contribution is -2.44. The Bertz CT molecular complexity index is 721. The van der Waals surface area contributed by atoms with Crippen LogP contribution >= 0.6 is 24.0 Å². The van der Waals surface area contributed by atoms with Crippen molar-refractivity contribution in [1.29, 1.82) is 0 Å². The van der Waals surface area contributed by atoms with Gasteiger partial charge in [0.15, 0.2) is 5.96 Å². The molecule has 1 atom stereocenters. The van der Waals surface area contributed by atoms with Gasteiger partial charge in [0.2, 0.25) is 0 Å². The first-order valence-electron chi connectivity index (χ1n) is 9.05. The quantitative estimate of drug-likeness (QED) is 0.299. The topological polar surface area (TPSA) is 92.3 Å². The van der Waals surface area contributed by atoms with Crippen molar-refractivity contribution >= 4 is 29.9 Å². The molecule has 0 aromatic carbocycles. The second kappa shape index (κ2) is 10.6. The highest BCUT2D eigenvalue weighted by atomic mass is 127. The fraction of sp³-hybridized carbons (Fsp3) is 0.611. The van der Waals surface area contributed by atoms with Crippen LogP contribution in [0.3, 0.4) is 0 Å². The van der Waals surface area contributed by atoms with E-state index >= 15 is 0 Å². The Balaban J connectivity index is 0.00000364. The number of aryl methyl sites for hydroxylation is 1. The number of aliphatic hydroxyl groups is 1. The summed E-state index contributed by atoms with van der Waals surface area (Å²) in [4.78, 5) is 9.01. The number of nitrogens with zero attached hydrogens (tertiary/aromatic N) is 5. The van der Waals surface area contributed by atoms with E-state index < -0.39 is 5.60 Å². The summed E-state index contributed by atoms with van der Waals surface area (Å²) < 4.78 is 3.81. The zero-order chi connectivity index (χ0) is 19.2. The largest absolute Gasteiger partial charge is 0.383 e. The van der Waals surface area contributed by atoms with E-state index in [9.17, 15) is 5.11 Å². The van der Waals surface area contributed by atoms with Crippen molar-refractivity contribution in [3.05, 3.63) is 36.2 Å². The molecule has 0 aliphatic rings. The summed E-state index contributed by atoms with van der Waals surface area (Å²) in [5.41, 5.74) is -0.281. The Morgan fingerprint density at radius 3 is 2.70 bits per heavy atom. The van der Waals surface area contributed by atoms with Crippen LogP contribution in [0.25, 0.3) is 0 Å². The van der Waals surface area contributed by atoms with Gasteiger partial charge in [0.1, 0.15) is 18.0 Å². The molecule has 2 aromatic rings. The molecule has 0 amide bonds. The summed E-state index contributed by atoms with van der Waals surface area (Å²) in [7, 11) is 1.83. The molecule has 0 saturated heterocycles. The minimum Gasteiger partial charge on any atom is -0.383 e. The minimum atomic E-state index is -1.04. The lowest BCUT2D eigenvalue weighted by Gasteiger charge is -2.23. The van der Waals surface area contributed by atoms with Crippen molar-refractivity contribution in [1.82, 2.24) is 30.0 Å². The molecule has 3 N–H and O–H groups in total. The molecule has 0 saturated carbocycles. The van der Waals surface area contributed by atoms with Gasteiger partial charge in [0.05, 0.1) is 12.7 Å². The summed E-state index contributed by atoms with van der Waals surface area (Å²) in [5, 5.41) is 21.2. The third-order valence-electron chi connectivity index (χ3n) is 4.01. The van der Waals surface area contributed by atoms with Crippen LogP contribution in [0.1, 0.15) is 39.1 Å². The number of nitrogens with one attached hydrogen (secondary N) is 2. The Hall–Kier alpha value is -1.62. The van der Waals surface area contributed by atoms with Gasteiger partial charge in [-0.2, -0.15) is 5.10 Å². The molecule has 0 spiro atoms. The van der Waals surface area contributed by atoms with Crippen LogP contribution in [0.15, 0.2) is 29.8 Å². The molecule has 2 aromatic heterocycles. The number of halogens is 1. The van der Waals surface area contributed by atoms with E-state index in [4.69, 9.17) is 0 Å². The summed E-state index contributed by atoms with van der Waals surface area (Å²) >= 11 is 0. The van der Waals surface area contributed by atoms with E-state index in [1.54, 1.807) is 24.0 Å². The Morgan fingerprint density at radius 2 is 2.11 bits per heavy atom. The molecule has 152 valence electrons. The Labute approximate surface area is 178 Å². The van der Waals surface area contributed by atoms with E-state index in [-0.39, 0.29) is 24.0 Å². The zero-order valence-electron chi connectivity index (χ0n) is 16.8. The smallest absolute Gasteiger partial charge is 0.191 e. The normalized spacial score (nSPS) is 14.0. The highest BCUT2D eigenvalue weighted by molar-refractivity contribution is 14.0. The van der Waals surface area contributed by atoms with Gasteiger partial charge >= 0.3 is 0 Å². The number of rotatable bonds is 8. The summed E-state index contributed by atoms with van der Waals surface area (Å²) in [6.07, 6.45) is 7.28. The second-order valence-corrected chi connectivity index (χ2v) is 7.11. The van der Waals surface area contributed by atoms with E-state index in [0.717, 1.165) is 24.5 Å². The number of hydrogen-bond donors (Lipinski definition) is 3. The number of aromatic nitrogens is 4. The van der Waals surface area contributed by atoms with Crippen LogP contribution in [0.5, 0.6) is 0 Å². The predicted octanol–water partition coefficient (Wildman–Crippen LogP) is 1.85. The zero-order valence-corrected chi connectivity index (χ0v) is 19.1. The van der Waals surface area contributed by atoms with Gasteiger partial charge in [-0.05, 0) is 19.8 Å². The first-order valence-corrected chi connectivity index (χ1v) is 9.05. The number of guanidine groups is 1. The minimum absolute atomic E-state index is 0. The molecule has 0 radical (unpaired) electrons. The molecule has 0 aliphatic heterocycles. The van der Waals surface area contributed by atoms with Crippen LogP contribution < -0.4 is 10.6 Å². The molecule has 1 unspecified atom stereocenters. The van der Waals surface area contributed by atoms with Gasteiger partial charge in [0, 0.05) is 44.3 Å². The Morgan fingerprint density at radius 1 is 1.37 bits per heavy atom. The fourth-order valence-corrected chi connectivity index (χ4v) is 2.60. The first kappa shape index (κ1) is 23.4. The molecule has 0 fully saturated rings. The third kappa shape index (κ3) is 7.13. The molecule has 0 aliphatic carbocycles. The average Bonchev–Trinajstić information content (AvgIpc) is 3.19. The standard InChI is InChI=1S/C18H31N7O.HI/c1-6-19-17(21-10-16-20-7-8-25(16)11-14(2)3)22-13-18(4,26)15-9-23-24(5)12-15;/h7-9,12,14,26H,6,10-11,13H2,1-5H3,(H2,19,21,22);1H. The van der Waals surface area contributed by atoms with Gasteiger partial charge in [-0.15, -0.1) is 24.0 Å². The SMILES string of the molecule is CCNC(=NCc1nccn1CC(C)C)NCC(C)(O)c1cnn(C)c1.I. The molecule has 2 rings (SSSR count). The van der Waals surface area contributed by atoms with Crippen molar-refractivity contribution in [2.75, 3.05) is 13.1 Å². The van der Waals surface area contributed by atoms with Crippen LogP contribution in [-0.2, 0) is 25.7 Å². The summed E-state index contributed by atoms with van der Waals surface area (Å²) in [6, 6.07) is 0. The van der Waals surface area contributed by atoms with Gasteiger partial charge in [-0.3, -0.25) is 4.68 Å². The van der Waals surface area contributed by atoms with Crippen molar-refractivity contribution in [2.45, 2.75) is 46.4 Å². The van der Waals surface area contributed by atoms with E-state index in [1.807, 2.05) is 26.4 Å². The molecular formula is C18H32IN7O. The van der Waals surface area contributed by atoms with Crippen molar-refractivity contribution < 1.29 is 5.11 Å². The van der Waals surface area contributed by atoms with Crippen LogP contribution in [0.4, 0.5) is 0 Å². The lowest BCUT2D eigenvalue weighted by atomic mass is 10.00. The first-order chi connectivity index (χ1) is 12.3. The van der Waals surface area contributed by atoms with Crippen molar-refractivity contribution in [3.63, 3.8) is 0 Å². The number of hydrogen-bond acceptors (Lipinski definition) is 4. The van der Waals surface area contributed by atoms with Crippen LogP contribution in [0, 0.1) is 5.92 Å². The maximum absolute atomic E-state index is 10.7. The third-order valence-corrected chi connectivity index (χ3v) is 4.01. The van der Waals surface area contributed by atoms with Crippen LogP contribution in [-0.4, -0.2) is 43.5 Å². The summed E-state index contributed by atoms with van der Waals surface area (Å²) in [6.45, 7) is 10.6. The molecule has 8 nitrogen and oxygen atoms in total. The van der Waals surface area contributed by atoms with Gasteiger partial charge in [-0.1, -0.05) is 13.8 Å². The van der Waals surface area contributed by atoms with Crippen LogP contribution in [0.2, 0.25) is 0 Å². The van der Waals surface area contributed by atoms with Gasteiger partial charge < -0.3 is 20.3 Å². The molecule has 9 heteroatoms. The lowest BCUT2D eigenvalue weighted by molar-refractivity contribution is 0.0616. The fourth-order valence-electron chi connectivity index (χ4n) is 2.60. The molecule has 27 heavy (non-hydrogen) atoms. The van der Waals surface area contributed by atoms with E-state index in [2.05, 4.69) is 44.1 Å². The Kier molecular flexibility index (Phi) is 9.23. The van der Waals surface area contributed by atoms with Crippen molar-refractivity contribution in [3.8, 4) is 0 Å².